The summed E-state index contributed by atoms with van der Waals surface area (Å²) in [6, 6.07) is 16.5. The van der Waals surface area contributed by atoms with Crippen LogP contribution >= 0.6 is 0 Å². The molecular weight excluding hydrogens is 268 g/mol. The molecule has 0 aliphatic heterocycles. The van der Waals surface area contributed by atoms with Gasteiger partial charge < -0.3 is 0 Å². The second kappa shape index (κ2) is 6.44. The van der Waals surface area contributed by atoms with Crippen LogP contribution in [-0.4, -0.2) is 6.21 Å². The van der Waals surface area contributed by atoms with Crippen LogP contribution in [0, 0.1) is 6.92 Å². The van der Waals surface area contributed by atoms with Gasteiger partial charge in [0.15, 0.2) is 0 Å². The van der Waals surface area contributed by atoms with E-state index in [0.717, 1.165) is 17.7 Å². The van der Waals surface area contributed by atoms with Crippen LogP contribution in [0.1, 0.15) is 30.0 Å². The summed E-state index contributed by atoms with van der Waals surface area (Å²) >= 11 is 0. The van der Waals surface area contributed by atoms with Crippen molar-refractivity contribution in [2.24, 2.45) is 5.10 Å². The van der Waals surface area contributed by atoms with Gasteiger partial charge in [-0.1, -0.05) is 60.2 Å². The van der Waals surface area contributed by atoms with Crippen molar-refractivity contribution in [3.05, 3.63) is 82.9 Å². The number of anilines is 1. The standard InChI is InChI=1S/C20H20N2/c1-15-11-12-17(13-15)19-9-5-4-8-18(19)14-21-22-20-10-6-3-7-16(20)2/h3-11,13-14,22H,12H2,1-2H3/b21-14+. The fourth-order valence-corrected chi connectivity index (χ4v) is 2.62. The Balaban J connectivity index is 1.80. The molecule has 22 heavy (non-hydrogen) atoms. The SMILES string of the molecule is CC1=CCC(c2ccccc2/C=N/Nc2ccccc2C)=C1. The fraction of sp³-hybridized carbons (Fsp3) is 0.150. The molecule has 2 nitrogen and oxygen atoms in total. The van der Waals surface area contributed by atoms with E-state index >= 15 is 0 Å². The van der Waals surface area contributed by atoms with E-state index in [1.165, 1.54) is 22.3 Å². The van der Waals surface area contributed by atoms with E-state index in [2.05, 4.69) is 66.9 Å². The van der Waals surface area contributed by atoms with Crippen molar-refractivity contribution >= 4 is 17.5 Å². The van der Waals surface area contributed by atoms with Crippen LogP contribution in [0.4, 0.5) is 5.69 Å². The van der Waals surface area contributed by atoms with Gasteiger partial charge in [-0.15, -0.1) is 0 Å². The molecule has 0 saturated heterocycles. The lowest BCUT2D eigenvalue weighted by Gasteiger charge is -2.07. The Morgan fingerprint density at radius 3 is 2.55 bits per heavy atom. The molecule has 1 N–H and O–H groups in total. The first-order valence-electron chi connectivity index (χ1n) is 7.55. The van der Waals surface area contributed by atoms with Crippen molar-refractivity contribution in [3.63, 3.8) is 0 Å². The molecule has 0 atom stereocenters. The third-order valence-electron chi connectivity index (χ3n) is 3.89. The Morgan fingerprint density at radius 2 is 1.77 bits per heavy atom. The molecule has 0 amide bonds. The summed E-state index contributed by atoms with van der Waals surface area (Å²) in [4.78, 5) is 0. The Hall–Kier alpha value is -2.61. The van der Waals surface area contributed by atoms with Crippen molar-refractivity contribution in [1.82, 2.24) is 0 Å². The first-order valence-corrected chi connectivity index (χ1v) is 7.55. The number of rotatable bonds is 4. The summed E-state index contributed by atoms with van der Waals surface area (Å²) in [7, 11) is 0. The highest BCUT2D eigenvalue weighted by Crippen LogP contribution is 2.28. The lowest BCUT2D eigenvalue weighted by atomic mass is 9.99. The first-order chi connectivity index (χ1) is 10.7. The molecule has 2 heteroatoms. The molecule has 3 rings (SSSR count). The Labute approximate surface area is 131 Å². The van der Waals surface area contributed by atoms with E-state index < -0.39 is 0 Å². The summed E-state index contributed by atoms with van der Waals surface area (Å²) < 4.78 is 0. The van der Waals surface area contributed by atoms with E-state index in [-0.39, 0.29) is 0 Å². The van der Waals surface area contributed by atoms with E-state index in [4.69, 9.17) is 0 Å². The maximum atomic E-state index is 4.40. The number of aryl methyl sites for hydroxylation is 1. The molecule has 0 unspecified atom stereocenters. The number of hydrazone groups is 1. The highest BCUT2D eigenvalue weighted by atomic mass is 15.3. The molecule has 0 radical (unpaired) electrons. The van der Waals surface area contributed by atoms with E-state index in [9.17, 15) is 0 Å². The average Bonchev–Trinajstić information content (AvgIpc) is 2.96. The van der Waals surface area contributed by atoms with Crippen molar-refractivity contribution in [1.29, 1.82) is 0 Å². The minimum Gasteiger partial charge on any atom is -0.278 e. The topological polar surface area (TPSA) is 24.4 Å². The molecule has 1 aliphatic rings. The lowest BCUT2D eigenvalue weighted by Crippen LogP contribution is -1.95. The summed E-state index contributed by atoms with van der Waals surface area (Å²) in [5.41, 5.74) is 10.4. The third-order valence-corrected chi connectivity index (χ3v) is 3.89. The summed E-state index contributed by atoms with van der Waals surface area (Å²) in [6.45, 7) is 4.22. The zero-order valence-electron chi connectivity index (χ0n) is 13.0. The highest BCUT2D eigenvalue weighted by Gasteiger charge is 2.09. The smallest absolute Gasteiger partial charge is 0.0590 e. The van der Waals surface area contributed by atoms with Crippen LogP contribution in [0.2, 0.25) is 0 Å². The molecule has 0 fully saturated rings. The van der Waals surface area contributed by atoms with E-state index in [1.54, 1.807) is 0 Å². The second-order valence-electron chi connectivity index (χ2n) is 5.59. The first kappa shape index (κ1) is 14.3. The average molecular weight is 288 g/mol. The van der Waals surface area contributed by atoms with Crippen LogP contribution in [0.25, 0.3) is 5.57 Å². The minimum absolute atomic E-state index is 1.00. The number of allylic oxidation sites excluding steroid dienone is 4. The highest BCUT2D eigenvalue weighted by molar-refractivity contribution is 5.90. The maximum absolute atomic E-state index is 4.40. The second-order valence-corrected chi connectivity index (χ2v) is 5.59. The van der Waals surface area contributed by atoms with Gasteiger partial charge in [-0.3, -0.25) is 5.43 Å². The predicted octanol–water partition coefficient (Wildman–Crippen LogP) is 5.17. The van der Waals surface area contributed by atoms with Crippen LogP contribution in [0.3, 0.4) is 0 Å². The summed E-state index contributed by atoms with van der Waals surface area (Å²) in [5, 5.41) is 4.40. The third kappa shape index (κ3) is 3.17. The fourth-order valence-electron chi connectivity index (χ4n) is 2.62. The lowest BCUT2D eigenvalue weighted by molar-refractivity contribution is 1.31. The van der Waals surface area contributed by atoms with Gasteiger partial charge in [0.1, 0.15) is 0 Å². The van der Waals surface area contributed by atoms with Gasteiger partial charge in [-0.05, 0) is 43.0 Å². The van der Waals surface area contributed by atoms with Gasteiger partial charge in [0.2, 0.25) is 0 Å². The van der Waals surface area contributed by atoms with Crippen LogP contribution in [-0.2, 0) is 0 Å². The molecule has 0 heterocycles. The van der Waals surface area contributed by atoms with Crippen molar-refractivity contribution in [3.8, 4) is 0 Å². The molecule has 0 saturated carbocycles. The molecular formula is C20H20N2. The molecule has 110 valence electrons. The molecule has 2 aromatic carbocycles. The monoisotopic (exact) mass is 288 g/mol. The molecule has 0 bridgehead atoms. The van der Waals surface area contributed by atoms with Crippen molar-refractivity contribution in [2.75, 3.05) is 5.43 Å². The van der Waals surface area contributed by atoms with Gasteiger partial charge in [0, 0.05) is 5.56 Å². The number of hydrogen-bond donors (Lipinski definition) is 1. The number of hydrogen-bond acceptors (Lipinski definition) is 2. The summed E-state index contributed by atoms with van der Waals surface area (Å²) in [5.74, 6) is 0. The molecule has 0 aromatic heterocycles. The predicted molar refractivity (Wildman–Crippen MR) is 95.2 cm³/mol. The zero-order chi connectivity index (χ0) is 15.4. The van der Waals surface area contributed by atoms with Gasteiger partial charge in [0.25, 0.3) is 0 Å². The number of nitrogens with zero attached hydrogens (tertiary/aromatic N) is 1. The normalized spacial score (nSPS) is 14.1. The van der Waals surface area contributed by atoms with Crippen molar-refractivity contribution < 1.29 is 0 Å². The van der Waals surface area contributed by atoms with E-state index in [0.29, 0.717) is 0 Å². The molecule has 2 aromatic rings. The molecule has 0 spiro atoms. The number of nitrogens with one attached hydrogen (secondary N) is 1. The van der Waals surface area contributed by atoms with Crippen LogP contribution in [0.5, 0.6) is 0 Å². The quantitative estimate of drug-likeness (QED) is 0.609. The van der Waals surface area contributed by atoms with Gasteiger partial charge >= 0.3 is 0 Å². The Morgan fingerprint density at radius 1 is 1.00 bits per heavy atom. The van der Waals surface area contributed by atoms with Gasteiger partial charge in [-0.2, -0.15) is 5.10 Å². The summed E-state index contributed by atoms with van der Waals surface area (Å²) in [6.07, 6.45) is 7.41. The molecule has 1 aliphatic carbocycles. The number of benzene rings is 2. The van der Waals surface area contributed by atoms with Gasteiger partial charge in [-0.25, -0.2) is 0 Å². The Kier molecular flexibility index (Phi) is 4.19. The maximum Gasteiger partial charge on any atom is 0.0590 e. The Bertz CT molecular complexity index is 767. The largest absolute Gasteiger partial charge is 0.278 e. The van der Waals surface area contributed by atoms with Gasteiger partial charge in [0.05, 0.1) is 11.9 Å². The number of para-hydroxylation sites is 1. The van der Waals surface area contributed by atoms with Crippen LogP contribution in [0.15, 0.2) is 71.4 Å². The van der Waals surface area contributed by atoms with E-state index in [1.807, 2.05) is 24.4 Å². The zero-order valence-corrected chi connectivity index (χ0v) is 13.0. The van der Waals surface area contributed by atoms with Crippen LogP contribution < -0.4 is 5.43 Å². The van der Waals surface area contributed by atoms with Crippen molar-refractivity contribution in [2.45, 2.75) is 20.3 Å². The minimum atomic E-state index is 1.00.